The first kappa shape index (κ1) is 8.02. The summed E-state index contributed by atoms with van der Waals surface area (Å²) in [4.78, 5) is 0. The Labute approximate surface area is 62.7 Å². The third-order valence-electron chi connectivity index (χ3n) is 2.54. The zero-order valence-electron chi connectivity index (χ0n) is 6.84. The van der Waals surface area contributed by atoms with Gasteiger partial charge in [-0.05, 0) is 18.8 Å². The molecular formula is C8H17NO. The van der Waals surface area contributed by atoms with E-state index >= 15 is 0 Å². The van der Waals surface area contributed by atoms with Gasteiger partial charge < -0.3 is 10.5 Å². The molecule has 2 nitrogen and oxygen atoms in total. The molecule has 0 aromatic carbocycles. The number of hydrogen-bond donors (Lipinski definition) is 1. The quantitative estimate of drug-likeness (QED) is 0.597. The van der Waals surface area contributed by atoms with Gasteiger partial charge in [-0.3, -0.25) is 0 Å². The zero-order chi connectivity index (χ0) is 7.56. The summed E-state index contributed by atoms with van der Waals surface area (Å²) < 4.78 is 5.25. The molecule has 0 aromatic rings. The molecule has 0 aromatic heterocycles. The van der Waals surface area contributed by atoms with Crippen LogP contribution in [0.15, 0.2) is 0 Å². The average molecular weight is 143 g/mol. The predicted octanol–water partition coefficient (Wildman–Crippen LogP) is 1.15. The van der Waals surface area contributed by atoms with Crippen LogP contribution in [0, 0.1) is 5.92 Å². The molecule has 1 rings (SSSR count). The predicted molar refractivity (Wildman–Crippen MR) is 41.8 cm³/mol. The van der Waals surface area contributed by atoms with Crippen molar-refractivity contribution in [3.63, 3.8) is 0 Å². The minimum atomic E-state index is 0.263. The number of hydrogen-bond acceptors (Lipinski definition) is 2. The molecule has 2 N–H and O–H groups in total. The van der Waals surface area contributed by atoms with Crippen LogP contribution in [-0.4, -0.2) is 19.3 Å². The van der Waals surface area contributed by atoms with E-state index in [0.29, 0.717) is 12.0 Å². The van der Waals surface area contributed by atoms with Crippen molar-refractivity contribution >= 4 is 0 Å². The fraction of sp³-hybridized carbons (Fsp3) is 1.00. The van der Waals surface area contributed by atoms with Crippen LogP contribution in [0.4, 0.5) is 0 Å². The molecule has 0 aliphatic heterocycles. The molecule has 0 bridgehead atoms. The van der Waals surface area contributed by atoms with Crippen molar-refractivity contribution in [1.82, 2.24) is 0 Å². The van der Waals surface area contributed by atoms with Crippen molar-refractivity contribution in [2.75, 3.05) is 7.11 Å². The lowest BCUT2D eigenvalue weighted by atomic mass is 9.84. The molecule has 0 amide bonds. The lowest BCUT2D eigenvalue weighted by molar-refractivity contribution is 0.0354. The standard InChI is InChI=1S/C8H17NO/c1-6-4-3-5-7(10-2)8(6)9/h6-8H,3-5,9H2,1-2H3. The van der Waals surface area contributed by atoms with E-state index in [1.807, 2.05) is 0 Å². The molecule has 1 saturated carbocycles. The summed E-state index contributed by atoms with van der Waals surface area (Å²) in [5.41, 5.74) is 5.91. The summed E-state index contributed by atoms with van der Waals surface area (Å²) in [5, 5.41) is 0. The third-order valence-corrected chi connectivity index (χ3v) is 2.54. The highest BCUT2D eigenvalue weighted by molar-refractivity contribution is 4.83. The molecule has 0 radical (unpaired) electrons. The summed E-state index contributed by atoms with van der Waals surface area (Å²) >= 11 is 0. The van der Waals surface area contributed by atoms with Gasteiger partial charge in [0.2, 0.25) is 0 Å². The minimum Gasteiger partial charge on any atom is -0.380 e. The monoisotopic (exact) mass is 143 g/mol. The fourth-order valence-electron chi connectivity index (χ4n) is 1.67. The van der Waals surface area contributed by atoms with Crippen LogP contribution in [0.3, 0.4) is 0 Å². The van der Waals surface area contributed by atoms with E-state index in [1.165, 1.54) is 12.8 Å². The van der Waals surface area contributed by atoms with Gasteiger partial charge in [-0.25, -0.2) is 0 Å². The Kier molecular flexibility index (Phi) is 2.69. The van der Waals surface area contributed by atoms with E-state index < -0.39 is 0 Å². The van der Waals surface area contributed by atoms with Crippen molar-refractivity contribution in [1.29, 1.82) is 0 Å². The number of rotatable bonds is 1. The first-order valence-electron chi connectivity index (χ1n) is 4.04. The van der Waals surface area contributed by atoms with Crippen LogP contribution < -0.4 is 5.73 Å². The van der Waals surface area contributed by atoms with Crippen LogP contribution in [0.1, 0.15) is 26.2 Å². The third kappa shape index (κ3) is 1.50. The van der Waals surface area contributed by atoms with Crippen LogP contribution in [-0.2, 0) is 4.74 Å². The van der Waals surface area contributed by atoms with E-state index in [0.717, 1.165) is 6.42 Å². The molecule has 1 aliphatic carbocycles. The zero-order valence-corrected chi connectivity index (χ0v) is 6.84. The second-order valence-electron chi connectivity index (χ2n) is 3.26. The van der Waals surface area contributed by atoms with Crippen molar-refractivity contribution in [2.45, 2.75) is 38.3 Å². The first-order chi connectivity index (χ1) is 4.75. The molecule has 1 fully saturated rings. The summed E-state index contributed by atoms with van der Waals surface area (Å²) in [5.74, 6) is 0.638. The smallest absolute Gasteiger partial charge is 0.0724 e. The van der Waals surface area contributed by atoms with Gasteiger partial charge in [0, 0.05) is 13.2 Å². The van der Waals surface area contributed by atoms with Gasteiger partial charge >= 0.3 is 0 Å². The average Bonchev–Trinajstić information content (AvgIpc) is 1.95. The molecule has 3 unspecified atom stereocenters. The second kappa shape index (κ2) is 3.35. The largest absolute Gasteiger partial charge is 0.380 e. The molecule has 3 atom stereocenters. The van der Waals surface area contributed by atoms with Crippen molar-refractivity contribution in [2.24, 2.45) is 11.7 Å². The highest BCUT2D eigenvalue weighted by Crippen LogP contribution is 2.24. The summed E-state index contributed by atoms with van der Waals surface area (Å²) in [6.45, 7) is 2.20. The van der Waals surface area contributed by atoms with E-state index in [-0.39, 0.29) is 6.04 Å². The van der Waals surface area contributed by atoms with Gasteiger partial charge in [0.1, 0.15) is 0 Å². The molecule has 1 aliphatic rings. The Bertz CT molecular complexity index is 105. The van der Waals surface area contributed by atoms with Gasteiger partial charge in [-0.2, -0.15) is 0 Å². The summed E-state index contributed by atoms with van der Waals surface area (Å²) in [6, 6.07) is 0.263. The highest BCUT2D eigenvalue weighted by Gasteiger charge is 2.26. The lowest BCUT2D eigenvalue weighted by Gasteiger charge is -2.32. The summed E-state index contributed by atoms with van der Waals surface area (Å²) in [6.07, 6.45) is 3.99. The van der Waals surface area contributed by atoms with Crippen LogP contribution in [0.5, 0.6) is 0 Å². The van der Waals surface area contributed by atoms with E-state index in [4.69, 9.17) is 10.5 Å². The lowest BCUT2D eigenvalue weighted by Crippen LogP contribution is -2.44. The Morgan fingerprint density at radius 2 is 2.10 bits per heavy atom. The number of ether oxygens (including phenoxy) is 1. The van der Waals surface area contributed by atoms with Crippen LogP contribution in [0.2, 0.25) is 0 Å². The molecular weight excluding hydrogens is 126 g/mol. The number of methoxy groups -OCH3 is 1. The van der Waals surface area contributed by atoms with Crippen LogP contribution >= 0.6 is 0 Å². The van der Waals surface area contributed by atoms with Gasteiger partial charge in [0.25, 0.3) is 0 Å². The topological polar surface area (TPSA) is 35.2 Å². The Morgan fingerprint density at radius 3 is 2.60 bits per heavy atom. The molecule has 0 heterocycles. The van der Waals surface area contributed by atoms with Crippen molar-refractivity contribution in [3.05, 3.63) is 0 Å². The van der Waals surface area contributed by atoms with E-state index in [9.17, 15) is 0 Å². The maximum absolute atomic E-state index is 5.91. The van der Waals surface area contributed by atoms with Crippen molar-refractivity contribution in [3.8, 4) is 0 Å². The van der Waals surface area contributed by atoms with E-state index in [1.54, 1.807) is 7.11 Å². The Hall–Kier alpha value is -0.0800. The van der Waals surface area contributed by atoms with Crippen molar-refractivity contribution < 1.29 is 4.74 Å². The molecule has 2 heteroatoms. The fourth-order valence-corrected chi connectivity index (χ4v) is 1.67. The molecule has 10 heavy (non-hydrogen) atoms. The Balaban J connectivity index is 2.42. The molecule has 0 saturated heterocycles. The molecule has 60 valence electrons. The van der Waals surface area contributed by atoms with E-state index in [2.05, 4.69) is 6.92 Å². The molecule has 0 spiro atoms. The SMILES string of the molecule is COC1CCCC(C)C1N. The summed E-state index contributed by atoms with van der Waals surface area (Å²) in [7, 11) is 1.75. The number of nitrogens with two attached hydrogens (primary N) is 1. The maximum Gasteiger partial charge on any atom is 0.0724 e. The first-order valence-corrected chi connectivity index (χ1v) is 4.04. The normalized spacial score (nSPS) is 41.7. The minimum absolute atomic E-state index is 0.263. The van der Waals surface area contributed by atoms with Crippen LogP contribution in [0.25, 0.3) is 0 Å². The van der Waals surface area contributed by atoms with Gasteiger partial charge in [-0.15, -0.1) is 0 Å². The highest BCUT2D eigenvalue weighted by atomic mass is 16.5. The van der Waals surface area contributed by atoms with Gasteiger partial charge in [0.15, 0.2) is 0 Å². The second-order valence-corrected chi connectivity index (χ2v) is 3.26. The van der Waals surface area contributed by atoms with Gasteiger partial charge in [0.05, 0.1) is 6.10 Å². The Morgan fingerprint density at radius 1 is 1.40 bits per heavy atom. The maximum atomic E-state index is 5.91. The van der Waals surface area contributed by atoms with Gasteiger partial charge in [-0.1, -0.05) is 13.3 Å².